The number of fused-ring (bicyclic) bond motifs is 1. The molecule has 3 heteroatoms. The number of nitrogens with zero attached hydrogens (tertiary/aromatic N) is 1. The lowest BCUT2D eigenvalue weighted by molar-refractivity contribution is 0.470. The predicted octanol–water partition coefficient (Wildman–Crippen LogP) is 1.82. The van der Waals surface area contributed by atoms with Crippen molar-refractivity contribution in [3.63, 3.8) is 0 Å². The maximum Gasteiger partial charge on any atom is 0.108 e. The number of nitrogens with two attached hydrogens (primary N) is 1. The highest BCUT2D eigenvalue weighted by Crippen LogP contribution is 2.26. The second kappa shape index (κ2) is 4.00. The summed E-state index contributed by atoms with van der Waals surface area (Å²) in [4.78, 5) is 0. The van der Waals surface area contributed by atoms with Crippen LogP contribution in [0.15, 0.2) is 24.3 Å². The van der Waals surface area contributed by atoms with Crippen molar-refractivity contribution in [2.24, 2.45) is 5.73 Å². The summed E-state index contributed by atoms with van der Waals surface area (Å²) in [7, 11) is 0. The summed E-state index contributed by atoms with van der Waals surface area (Å²) in [6, 6.07) is 10.4. The molecule has 0 aromatic heterocycles. The summed E-state index contributed by atoms with van der Waals surface area (Å²) in [6.45, 7) is 0. The molecule has 0 bridgehead atoms. The average molecular weight is 209 g/mol. The van der Waals surface area contributed by atoms with E-state index in [-0.39, 0.29) is 12.4 Å². The van der Waals surface area contributed by atoms with Crippen molar-refractivity contribution in [3.8, 4) is 6.07 Å². The third-order valence-corrected chi connectivity index (χ3v) is 2.69. The zero-order chi connectivity index (χ0) is 9.31. The molecule has 0 spiro atoms. The van der Waals surface area contributed by atoms with Crippen molar-refractivity contribution in [2.45, 2.75) is 24.8 Å². The molecule has 0 saturated heterocycles. The second-order valence-corrected chi connectivity index (χ2v) is 3.71. The molecule has 2 nitrogen and oxygen atoms in total. The summed E-state index contributed by atoms with van der Waals surface area (Å²) < 4.78 is 0. The lowest BCUT2D eigenvalue weighted by Gasteiger charge is -2.28. The Morgan fingerprint density at radius 2 is 1.93 bits per heavy atom. The fourth-order valence-corrected chi connectivity index (χ4v) is 1.86. The number of benzene rings is 1. The molecule has 1 aromatic carbocycles. The third kappa shape index (κ3) is 1.89. The third-order valence-electron chi connectivity index (χ3n) is 2.69. The molecule has 0 radical (unpaired) electrons. The Hall–Kier alpha value is -1.04. The molecule has 2 rings (SSSR count). The van der Waals surface area contributed by atoms with Gasteiger partial charge in [-0.3, -0.25) is 0 Å². The molecule has 1 aliphatic carbocycles. The van der Waals surface area contributed by atoms with Gasteiger partial charge in [0, 0.05) is 6.42 Å². The van der Waals surface area contributed by atoms with Gasteiger partial charge in [-0.25, -0.2) is 0 Å². The van der Waals surface area contributed by atoms with Gasteiger partial charge in [0.15, 0.2) is 0 Å². The van der Waals surface area contributed by atoms with E-state index >= 15 is 0 Å². The van der Waals surface area contributed by atoms with E-state index < -0.39 is 5.54 Å². The Balaban J connectivity index is 0.000000980. The minimum absolute atomic E-state index is 0. The minimum Gasteiger partial charge on any atom is -0.313 e. The standard InChI is InChI=1S/C11H12N2.ClH/c12-8-11(13)6-5-9-3-1-2-4-10(9)7-11;/h1-4H,5-7,13H2;1H. The molecular weight excluding hydrogens is 196 g/mol. The first-order valence-electron chi connectivity index (χ1n) is 4.50. The molecule has 74 valence electrons. The quantitative estimate of drug-likeness (QED) is 0.707. The van der Waals surface area contributed by atoms with E-state index in [2.05, 4.69) is 18.2 Å². The number of rotatable bonds is 0. The molecule has 0 saturated carbocycles. The topological polar surface area (TPSA) is 49.8 Å². The van der Waals surface area contributed by atoms with E-state index in [0.717, 1.165) is 12.8 Å². The molecule has 0 heterocycles. The van der Waals surface area contributed by atoms with Crippen molar-refractivity contribution < 1.29 is 0 Å². The van der Waals surface area contributed by atoms with Crippen LogP contribution in [0.4, 0.5) is 0 Å². The van der Waals surface area contributed by atoms with E-state index in [1.165, 1.54) is 11.1 Å². The molecule has 2 N–H and O–H groups in total. The number of nitriles is 1. The Labute approximate surface area is 90.1 Å². The van der Waals surface area contributed by atoms with Crippen molar-refractivity contribution in [1.29, 1.82) is 5.26 Å². The van der Waals surface area contributed by atoms with E-state index in [1.807, 2.05) is 12.1 Å². The van der Waals surface area contributed by atoms with E-state index in [1.54, 1.807) is 0 Å². The van der Waals surface area contributed by atoms with Gasteiger partial charge in [-0.1, -0.05) is 24.3 Å². The minimum atomic E-state index is -0.631. The highest BCUT2D eigenvalue weighted by atomic mass is 35.5. The number of aryl methyl sites for hydroxylation is 1. The zero-order valence-electron chi connectivity index (χ0n) is 7.86. The normalized spacial score (nSPS) is 24.3. The predicted molar refractivity (Wildman–Crippen MR) is 58.2 cm³/mol. The first kappa shape index (κ1) is 11.0. The fourth-order valence-electron chi connectivity index (χ4n) is 1.86. The highest BCUT2D eigenvalue weighted by molar-refractivity contribution is 5.85. The molecule has 14 heavy (non-hydrogen) atoms. The molecule has 0 amide bonds. The lowest BCUT2D eigenvalue weighted by atomic mass is 9.80. The summed E-state index contributed by atoms with van der Waals surface area (Å²) in [6.07, 6.45) is 2.40. The van der Waals surface area contributed by atoms with Crippen LogP contribution in [0.2, 0.25) is 0 Å². The monoisotopic (exact) mass is 208 g/mol. The van der Waals surface area contributed by atoms with Crippen LogP contribution in [0.25, 0.3) is 0 Å². The van der Waals surface area contributed by atoms with Gasteiger partial charge in [0.1, 0.15) is 5.54 Å². The van der Waals surface area contributed by atoms with Crippen molar-refractivity contribution in [3.05, 3.63) is 35.4 Å². The lowest BCUT2D eigenvalue weighted by Crippen LogP contribution is -2.43. The van der Waals surface area contributed by atoms with Crippen molar-refractivity contribution >= 4 is 12.4 Å². The first-order valence-corrected chi connectivity index (χ1v) is 4.50. The molecular formula is C11H13ClN2. The maximum absolute atomic E-state index is 8.90. The van der Waals surface area contributed by atoms with Gasteiger partial charge in [0.25, 0.3) is 0 Å². The summed E-state index contributed by atoms with van der Waals surface area (Å²) >= 11 is 0. The molecule has 0 fully saturated rings. The zero-order valence-corrected chi connectivity index (χ0v) is 8.68. The molecule has 1 aliphatic rings. The van der Waals surface area contributed by atoms with Gasteiger partial charge in [0.2, 0.25) is 0 Å². The Kier molecular flexibility index (Phi) is 3.15. The molecule has 0 aliphatic heterocycles. The number of halogens is 1. The van der Waals surface area contributed by atoms with Crippen LogP contribution < -0.4 is 5.73 Å². The molecule has 1 unspecified atom stereocenters. The van der Waals surface area contributed by atoms with Gasteiger partial charge in [0.05, 0.1) is 6.07 Å². The van der Waals surface area contributed by atoms with E-state index in [9.17, 15) is 0 Å². The SMILES string of the molecule is Cl.N#CC1(N)CCc2ccccc2C1. The van der Waals surface area contributed by atoms with E-state index in [0.29, 0.717) is 6.42 Å². The summed E-state index contributed by atoms with van der Waals surface area (Å²) in [5.74, 6) is 0. The Bertz CT molecular complexity index is 370. The first-order chi connectivity index (χ1) is 6.23. The van der Waals surface area contributed by atoms with Gasteiger partial charge in [-0.05, 0) is 24.0 Å². The fraction of sp³-hybridized carbons (Fsp3) is 0.364. The van der Waals surface area contributed by atoms with Crippen LogP contribution >= 0.6 is 12.4 Å². The van der Waals surface area contributed by atoms with Crippen LogP contribution in [0, 0.1) is 11.3 Å². The van der Waals surface area contributed by atoms with Crippen LogP contribution in [0.1, 0.15) is 17.5 Å². The van der Waals surface area contributed by atoms with Crippen LogP contribution in [0.5, 0.6) is 0 Å². The Morgan fingerprint density at radius 3 is 2.57 bits per heavy atom. The summed E-state index contributed by atoms with van der Waals surface area (Å²) in [5, 5.41) is 8.90. The van der Waals surface area contributed by atoms with E-state index in [4.69, 9.17) is 11.0 Å². The number of hydrogen-bond donors (Lipinski definition) is 1. The maximum atomic E-state index is 8.90. The van der Waals surface area contributed by atoms with Gasteiger partial charge < -0.3 is 5.73 Å². The smallest absolute Gasteiger partial charge is 0.108 e. The summed E-state index contributed by atoms with van der Waals surface area (Å²) in [5.41, 5.74) is 7.86. The molecule has 1 atom stereocenters. The molecule has 1 aromatic rings. The number of hydrogen-bond acceptors (Lipinski definition) is 2. The van der Waals surface area contributed by atoms with Gasteiger partial charge in [-0.2, -0.15) is 5.26 Å². The van der Waals surface area contributed by atoms with Crippen LogP contribution in [-0.4, -0.2) is 5.54 Å². The van der Waals surface area contributed by atoms with Crippen LogP contribution in [0.3, 0.4) is 0 Å². The largest absolute Gasteiger partial charge is 0.313 e. The second-order valence-electron chi connectivity index (χ2n) is 3.71. The van der Waals surface area contributed by atoms with Crippen molar-refractivity contribution in [2.75, 3.05) is 0 Å². The van der Waals surface area contributed by atoms with Crippen molar-refractivity contribution in [1.82, 2.24) is 0 Å². The highest BCUT2D eigenvalue weighted by Gasteiger charge is 2.29. The Morgan fingerprint density at radius 1 is 1.29 bits per heavy atom. The average Bonchev–Trinajstić information content (AvgIpc) is 2.18. The van der Waals surface area contributed by atoms with Gasteiger partial charge >= 0.3 is 0 Å². The van der Waals surface area contributed by atoms with Crippen LogP contribution in [-0.2, 0) is 12.8 Å². The van der Waals surface area contributed by atoms with Gasteiger partial charge in [-0.15, -0.1) is 12.4 Å².